The molecule has 0 spiro atoms. The first-order chi connectivity index (χ1) is 9.62. The second-order valence-electron chi connectivity index (χ2n) is 6.16. The van der Waals surface area contributed by atoms with Gasteiger partial charge in [-0.15, -0.1) is 0 Å². The SMILES string of the molecule is CCC(CC)(CO)CNC1CC(c2ccc(Br)cc2)C1. The zero-order valence-corrected chi connectivity index (χ0v) is 14.1. The Labute approximate surface area is 131 Å². The van der Waals surface area contributed by atoms with Crippen molar-refractivity contribution in [2.75, 3.05) is 13.2 Å². The molecule has 20 heavy (non-hydrogen) atoms. The summed E-state index contributed by atoms with van der Waals surface area (Å²) >= 11 is 3.48. The van der Waals surface area contributed by atoms with E-state index in [1.807, 2.05) is 0 Å². The van der Waals surface area contributed by atoms with Crippen molar-refractivity contribution in [2.45, 2.75) is 51.5 Å². The predicted molar refractivity (Wildman–Crippen MR) is 88.0 cm³/mol. The van der Waals surface area contributed by atoms with Gasteiger partial charge in [-0.25, -0.2) is 0 Å². The Morgan fingerprint density at radius 1 is 1.20 bits per heavy atom. The monoisotopic (exact) mass is 339 g/mol. The molecule has 0 amide bonds. The molecule has 1 saturated carbocycles. The Morgan fingerprint density at radius 2 is 1.80 bits per heavy atom. The quantitative estimate of drug-likeness (QED) is 0.784. The largest absolute Gasteiger partial charge is 0.396 e. The third-order valence-corrected chi connectivity index (χ3v) is 5.61. The van der Waals surface area contributed by atoms with E-state index in [0.717, 1.165) is 23.9 Å². The average molecular weight is 340 g/mol. The lowest BCUT2D eigenvalue weighted by Crippen LogP contribution is -2.46. The zero-order valence-electron chi connectivity index (χ0n) is 12.5. The summed E-state index contributed by atoms with van der Waals surface area (Å²) in [7, 11) is 0. The summed E-state index contributed by atoms with van der Waals surface area (Å²) in [6.45, 7) is 5.57. The van der Waals surface area contributed by atoms with Gasteiger partial charge < -0.3 is 10.4 Å². The number of hydrogen-bond acceptors (Lipinski definition) is 2. The Balaban J connectivity index is 1.78. The van der Waals surface area contributed by atoms with Crippen molar-refractivity contribution in [3.63, 3.8) is 0 Å². The first-order valence-corrected chi connectivity index (χ1v) is 8.51. The molecule has 0 unspecified atom stereocenters. The fourth-order valence-corrected chi connectivity index (χ4v) is 3.20. The highest BCUT2D eigenvalue weighted by Crippen LogP contribution is 2.38. The van der Waals surface area contributed by atoms with Crippen molar-refractivity contribution in [2.24, 2.45) is 5.41 Å². The molecule has 1 fully saturated rings. The lowest BCUT2D eigenvalue weighted by Gasteiger charge is -2.39. The second kappa shape index (κ2) is 7.06. The fourth-order valence-electron chi connectivity index (χ4n) is 2.93. The molecule has 112 valence electrons. The molecule has 2 nitrogen and oxygen atoms in total. The molecule has 0 radical (unpaired) electrons. The average Bonchev–Trinajstić information content (AvgIpc) is 2.44. The first kappa shape index (κ1) is 16.0. The summed E-state index contributed by atoms with van der Waals surface area (Å²) in [5.41, 5.74) is 1.52. The van der Waals surface area contributed by atoms with Crippen molar-refractivity contribution in [1.82, 2.24) is 5.32 Å². The maximum atomic E-state index is 9.59. The van der Waals surface area contributed by atoms with E-state index >= 15 is 0 Å². The van der Waals surface area contributed by atoms with Gasteiger partial charge in [-0.3, -0.25) is 0 Å². The molecule has 0 bridgehead atoms. The van der Waals surface area contributed by atoms with Gasteiger partial charge in [0.15, 0.2) is 0 Å². The van der Waals surface area contributed by atoms with Crippen LogP contribution in [0.25, 0.3) is 0 Å². The van der Waals surface area contributed by atoms with Crippen molar-refractivity contribution in [1.29, 1.82) is 0 Å². The molecule has 0 heterocycles. The number of rotatable bonds is 7. The predicted octanol–water partition coefficient (Wildman–Crippen LogP) is 4.08. The Bertz CT molecular complexity index is 399. The van der Waals surface area contributed by atoms with Crippen LogP contribution in [0.2, 0.25) is 0 Å². The molecule has 1 aliphatic carbocycles. The standard InChI is InChI=1S/C17H26BrNO/c1-3-17(4-2,12-20)11-19-16-9-14(10-16)13-5-7-15(18)8-6-13/h5-8,14,16,19-20H,3-4,9-12H2,1-2H3. The molecule has 2 N–H and O–H groups in total. The van der Waals surface area contributed by atoms with E-state index in [1.54, 1.807) is 0 Å². The van der Waals surface area contributed by atoms with E-state index < -0.39 is 0 Å². The van der Waals surface area contributed by atoms with Crippen LogP contribution in [-0.2, 0) is 0 Å². The van der Waals surface area contributed by atoms with Gasteiger partial charge in [-0.05, 0) is 49.3 Å². The highest BCUT2D eigenvalue weighted by atomic mass is 79.9. The van der Waals surface area contributed by atoms with Crippen LogP contribution in [0.4, 0.5) is 0 Å². The smallest absolute Gasteiger partial charge is 0.0499 e. The van der Waals surface area contributed by atoms with Gasteiger partial charge in [-0.1, -0.05) is 41.9 Å². The summed E-state index contributed by atoms with van der Waals surface area (Å²) < 4.78 is 1.15. The van der Waals surface area contributed by atoms with Gasteiger partial charge in [0.2, 0.25) is 0 Å². The van der Waals surface area contributed by atoms with Crippen LogP contribution in [0.5, 0.6) is 0 Å². The molecule has 0 atom stereocenters. The van der Waals surface area contributed by atoms with E-state index in [9.17, 15) is 5.11 Å². The first-order valence-electron chi connectivity index (χ1n) is 7.72. The van der Waals surface area contributed by atoms with E-state index in [4.69, 9.17) is 0 Å². The second-order valence-corrected chi connectivity index (χ2v) is 7.08. The van der Waals surface area contributed by atoms with Gasteiger partial charge >= 0.3 is 0 Å². The van der Waals surface area contributed by atoms with Crippen LogP contribution < -0.4 is 5.32 Å². The van der Waals surface area contributed by atoms with E-state index in [1.165, 1.54) is 18.4 Å². The summed E-state index contributed by atoms with van der Waals surface area (Å²) in [5.74, 6) is 0.701. The maximum Gasteiger partial charge on any atom is 0.0499 e. The zero-order chi connectivity index (χ0) is 14.6. The summed E-state index contributed by atoms with van der Waals surface area (Å²) in [5, 5.41) is 13.2. The van der Waals surface area contributed by atoms with Crippen molar-refractivity contribution < 1.29 is 5.11 Å². The summed E-state index contributed by atoms with van der Waals surface area (Å²) in [4.78, 5) is 0. The van der Waals surface area contributed by atoms with E-state index in [2.05, 4.69) is 59.4 Å². The summed E-state index contributed by atoms with van der Waals surface area (Å²) in [6.07, 6.45) is 4.51. The van der Waals surface area contributed by atoms with Crippen LogP contribution in [0.15, 0.2) is 28.7 Å². The molecular formula is C17H26BrNO. The maximum absolute atomic E-state index is 9.59. The van der Waals surface area contributed by atoms with Gasteiger partial charge in [0, 0.05) is 29.1 Å². The molecule has 0 aliphatic heterocycles. The number of hydrogen-bond donors (Lipinski definition) is 2. The third-order valence-electron chi connectivity index (χ3n) is 5.08. The number of aliphatic hydroxyl groups excluding tert-OH is 1. The number of benzene rings is 1. The van der Waals surface area contributed by atoms with Crippen LogP contribution in [0.1, 0.15) is 51.0 Å². The van der Waals surface area contributed by atoms with Crippen LogP contribution >= 0.6 is 15.9 Å². The fraction of sp³-hybridized carbons (Fsp3) is 0.647. The lowest BCUT2D eigenvalue weighted by atomic mass is 9.75. The molecule has 0 saturated heterocycles. The number of aliphatic hydroxyl groups is 1. The van der Waals surface area contributed by atoms with Gasteiger partial charge in [0.05, 0.1) is 0 Å². The minimum Gasteiger partial charge on any atom is -0.396 e. The Hall–Kier alpha value is -0.380. The van der Waals surface area contributed by atoms with E-state index in [0.29, 0.717) is 12.0 Å². The third kappa shape index (κ3) is 3.63. The molecule has 2 rings (SSSR count). The molecule has 3 heteroatoms. The number of halogens is 1. The molecule has 0 aromatic heterocycles. The molecule has 1 aliphatic rings. The van der Waals surface area contributed by atoms with Crippen LogP contribution in [-0.4, -0.2) is 24.3 Å². The van der Waals surface area contributed by atoms with E-state index in [-0.39, 0.29) is 12.0 Å². The Kier molecular flexibility index (Phi) is 5.65. The van der Waals surface area contributed by atoms with Crippen LogP contribution in [0, 0.1) is 5.41 Å². The highest BCUT2D eigenvalue weighted by molar-refractivity contribution is 9.10. The number of nitrogens with one attached hydrogen (secondary N) is 1. The molecular weight excluding hydrogens is 314 g/mol. The van der Waals surface area contributed by atoms with Crippen LogP contribution in [0.3, 0.4) is 0 Å². The lowest BCUT2D eigenvalue weighted by molar-refractivity contribution is 0.103. The molecule has 1 aromatic carbocycles. The van der Waals surface area contributed by atoms with Gasteiger partial charge in [0.25, 0.3) is 0 Å². The molecule has 1 aromatic rings. The van der Waals surface area contributed by atoms with Gasteiger partial charge in [0.1, 0.15) is 0 Å². The van der Waals surface area contributed by atoms with Crippen molar-refractivity contribution in [3.8, 4) is 0 Å². The van der Waals surface area contributed by atoms with Crippen molar-refractivity contribution >= 4 is 15.9 Å². The highest BCUT2D eigenvalue weighted by Gasteiger charge is 2.32. The minimum absolute atomic E-state index is 0.0721. The Morgan fingerprint density at radius 3 is 2.30 bits per heavy atom. The normalized spacial score (nSPS) is 22.6. The van der Waals surface area contributed by atoms with Crippen molar-refractivity contribution in [3.05, 3.63) is 34.3 Å². The van der Waals surface area contributed by atoms with Gasteiger partial charge in [-0.2, -0.15) is 0 Å². The summed E-state index contributed by atoms with van der Waals surface area (Å²) in [6, 6.07) is 9.32. The topological polar surface area (TPSA) is 32.3 Å². The minimum atomic E-state index is 0.0721.